The molecule has 0 unspecified atom stereocenters. The lowest BCUT2D eigenvalue weighted by atomic mass is 10.1. The Kier molecular flexibility index (Phi) is 2.75. The highest BCUT2D eigenvalue weighted by atomic mass is 35.5. The topological polar surface area (TPSA) is 12.0 Å². The van der Waals surface area contributed by atoms with Crippen LogP contribution in [0.3, 0.4) is 0 Å². The molecule has 0 bridgehead atoms. The van der Waals surface area contributed by atoms with Gasteiger partial charge in [-0.1, -0.05) is 24.6 Å². The second-order valence-corrected chi connectivity index (χ2v) is 3.56. The molecule has 0 atom stereocenters. The summed E-state index contributed by atoms with van der Waals surface area (Å²) >= 11 is 5.35. The Labute approximate surface area is 67.5 Å². The van der Waals surface area contributed by atoms with Crippen LogP contribution in [0.5, 0.6) is 0 Å². The van der Waals surface area contributed by atoms with Crippen molar-refractivity contribution in [1.82, 2.24) is 5.32 Å². The van der Waals surface area contributed by atoms with E-state index in [0.29, 0.717) is 5.41 Å². The van der Waals surface area contributed by atoms with Gasteiger partial charge in [0.2, 0.25) is 0 Å². The van der Waals surface area contributed by atoms with Crippen LogP contribution in [0.1, 0.15) is 19.8 Å². The maximum absolute atomic E-state index is 5.35. The molecule has 2 heteroatoms. The molecular weight excluding hydrogens is 146 g/mol. The lowest BCUT2D eigenvalue weighted by Crippen LogP contribution is -2.21. The Morgan fingerprint density at radius 3 is 2.80 bits per heavy atom. The first-order valence-corrected chi connectivity index (χ1v) is 4.16. The van der Waals surface area contributed by atoms with E-state index in [2.05, 4.69) is 12.2 Å². The van der Waals surface area contributed by atoms with Crippen LogP contribution >= 0.6 is 11.6 Å². The van der Waals surface area contributed by atoms with E-state index in [4.69, 9.17) is 11.6 Å². The fourth-order valence-corrected chi connectivity index (χ4v) is 0.981. The normalized spacial score (nSPS) is 21.8. The van der Waals surface area contributed by atoms with Gasteiger partial charge in [0, 0.05) is 18.6 Å². The Hall–Kier alpha value is -0.0100. The molecule has 1 fully saturated rings. The van der Waals surface area contributed by atoms with Crippen molar-refractivity contribution >= 4 is 11.6 Å². The summed E-state index contributed by atoms with van der Waals surface area (Å²) in [5, 5.41) is 3.32. The zero-order valence-corrected chi connectivity index (χ0v) is 7.12. The predicted molar refractivity (Wildman–Crippen MR) is 45.2 cm³/mol. The molecule has 0 amide bonds. The van der Waals surface area contributed by atoms with Crippen LogP contribution in [0.15, 0.2) is 11.6 Å². The quantitative estimate of drug-likeness (QED) is 0.620. The van der Waals surface area contributed by atoms with E-state index in [0.717, 1.165) is 13.1 Å². The molecule has 10 heavy (non-hydrogen) atoms. The molecule has 0 aliphatic heterocycles. The number of rotatable bonds is 4. The van der Waals surface area contributed by atoms with Gasteiger partial charge in [0.15, 0.2) is 0 Å². The van der Waals surface area contributed by atoms with Gasteiger partial charge in [0.1, 0.15) is 0 Å². The van der Waals surface area contributed by atoms with Gasteiger partial charge in [-0.15, -0.1) is 0 Å². The first kappa shape index (κ1) is 8.09. The summed E-state index contributed by atoms with van der Waals surface area (Å²) in [4.78, 5) is 0. The minimum absolute atomic E-state index is 0.611. The van der Waals surface area contributed by atoms with Crippen molar-refractivity contribution in [2.24, 2.45) is 5.41 Å². The zero-order valence-electron chi connectivity index (χ0n) is 6.36. The summed E-state index contributed by atoms with van der Waals surface area (Å²) in [6, 6.07) is 0. The van der Waals surface area contributed by atoms with Crippen molar-refractivity contribution in [3.05, 3.63) is 11.6 Å². The van der Waals surface area contributed by atoms with E-state index in [1.165, 1.54) is 12.8 Å². The van der Waals surface area contributed by atoms with Crippen molar-refractivity contribution in [3.63, 3.8) is 0 Å². The van der Waals surface area contributed by atoms with Crippen molar-refractivity contribution in [2.45, 2.75) is 19.8 Å². The number of hydrogen-bond donors (Lipinski definition) is 1. The van der Waals surface area contributed by atoms with Crippen LogP contribution in [0, 0.1) is 5.41 Å². The second kappa shape index (κ2) is 3.40. The third-order valence-corrected chi connectivity index (χ3v) is 2.18. The van der Waals surface area contributed by atoms with Crippen LogP contribution in [0.4, 0.5) is 0 Å². The summed E-state index contributed by atoms with van der Waals surface area (Å²) in [6.45, 7) is 4.34. The number of hydrogen-bond acceptors (Lipinski definition) is 1. The zero-order chi connectivity index (χ0) is 7.45. The smallest absolute Gasteiger partial charge is 0.0146 e. The highest BCUT2D eigenvalue weighted by Crippen LogP contribution is 2.43. The van der Waals surface area contributed by atoms with Gasteiger partial charge in [-0.2, -0.15) is 0 Å². The first-order valence-electron chi connectivity index (χ1n) is 3.73. The SMILES string of the molecule is CC1(CNC/C=C/Cl)CC1. The Balaban J connectivity index is 1.95. The van der Waals surface area contributed by atoms with Crippen LogP contribution in [-0.4, -0.2) is 13.1 Å². The van der Waals surface area contributed by atoms with Crippen molar-refractivity contribution in [3.8, 4) is 0 Å². The fourth-order valence-electron chi connectivity index (χ4n) is 0.892. The second-order valence-electron chi connectivity index (χ2n) is 3.30. The van der Waals surface area contributed by atoms with Crippen LogP contribution in [0.2, 0.25) is 0 Å². The molecule has 0 aromatic carbocycles. The van der Waals surface area contributed by atoms with E-state index in [9.17, 15) is 0 Å². The maximum Gasteiger partial charge on any atom is 0.0146 e. The number of nitrogens with one attached hydrogen (secondary N) is 1. The van der Waals surface area contributed by atoms with E-state index in [1.54, 1.807) is 5.54 Å². The monoisotopic (exact) mass is 159 g/mol. The van der Waals surface area contributed by atoms with E-state index < -0.39 is 0 Å². The molecule has 0 saturated heterocycles. The molecule has 0 radical (unpaired) electrons. The third kappa shape index (κ3) is 2.72. The molecule has 1 rings (SSSR count). The Morgan fingerprint density at radius 1 is 1.60 bits per heavy atom. The molecule has 1 nitrogen and oxygen atoms in total. The van der Waals surface area contributed by atoms with Gasteiger partial charge in [-0.3, -0.25) is 0 Å². The summed E-state index contributed by atoms with van der Waals surface area (Å²) < 4.78 is 0. The van der Waals surface area contributed by atoms with Gasteiger partial charge in [0.25, 0.3) is 0 Å². The lowest BCUT2D eigenvalue weighted by molar-refractivity contribution is 0.518. The van der Waals surface area contributed by atoms with Crippen LogP contribution in [-0.2, 0) is 0 Å². The van der Waals surface area contributed by atoms with Gasteiger partial charge < -0.3 is 5.32 Å². The van der Waals surface area contributed by atoms with Gasteiger partial charge >= 0.3 is 0 Å². The minimum atomic E-state index is 0.611. The highest BCUT2D eigenvalue weighted by Gasteiger charge is 2.36. The van der Waals surface area contributed by atoms with Crippen LogP contribution < -0.4 is 5.32 Å². The van der Waals surface area contributed by atoms with E-state index in [1.807, 2.05) is 6.08 Å². The molecule has 1 aliphatic carbocycles. The van der Waals surface area contributed by atoms with Crippen molar-refractivity contribution < 1.29 is 0 Å². The van der Waals surface area contributed by atoms with Crippen molar-refractivity contribution in [2.75, 3.05) is 13.1 Å². The van der Waals surface area contributed by atoms with Gasteiger partial charge in [0.05, 0.1) is 0 Å². The molecule has 1 aliphatic rings. The molecule has 58 valence electrons. The Bertz CT molecular complexity index is 127. The summed E-state index contributed by atoms with van der Waals surface area (Å²) in [5.41, 5.74) is 2.17. The molecule has 1 saturated carbocycles. The fraction of sp³-hybridized carbons (Fsp3) is 0.750. The maximum atomic E-state index is 5.35. The molecule has 0 spiro atoms. The predicted octanol–water partition coefficient (Wildman–Crippen LogP) is 2.13. The molecule has 0 aromatic rings. The van der Waals surface area contributed by atoms with Gasteiger partial charge in [-0.25, -0.2) is 0 Å². The Morgan fingerprint density at radius 2 is 2.30 bits per heavy atom. The molecular formula is C8H14ClN. The highest BCUT2D eigenvalue weighted by molar-refractivity contribution is 6.25. The molecule has 0 heterocycles. The lowest BCUT2D eigenvalue weighted by Gasteiger charge is -2.06. The average molecular weight is 160 g/mol. The first-order chi connectivity index (χ1) is 4.77. The van der Waals surface area contributed by atoms with Crippen LogP contribution in [0.25, 0.3) is 0 Å². The molecule has 1 N–H and O–H groups in total. The average Bonchev–Trinajstić information content (AvgIpc) is 2.62. The third-order valence-electron chi connectivity index (χ3n) is 2.01. The van der Waals surface area contributed by atoms with Gasteiger partial charge in [-0.05, 0) is 18.3 Å². The van der Waals surface area contributed by atoms with E-state index in [-0.39, 0.29) is 0 Å². The van der Waals surface area contributed by atoms with Crippen molar-refractivity contribution in [1.29, 1.82) is 0 Å². The molecule has 0 aromatic heterocycles. The number of halogens is 1. The summed E-state index contributed by atoms with van der Waals surface area (Å²) in [6.07, 6.45) is 4.68. The minimum Gasteiger partial charge on any atom is -0.313 e. The summed E-state index contributed by atoms with van der Waals surface area (Å²) in [7, 11) is 0. The standard InChI is InChI=1S/C8H14ClN/c1-8(3-4-8)7-10-6-2-5-9/h2,5,10H,3-4,6-7H2,1H3/b5-2+. The van der Waals surface area contributed by atoms with E-state index >= 15 is 0 Å². The largest absolute Gasteiger partial charge is 0.313 e. The summed E-state index contributed by atoms with van der Waals surface area (Å²) in [5.74, 6) is 0.